The normalized spacial score (nSPS) is 19.5. The van der Waals surface area contributed by atoms with Gasteiger partial charge in [0.25, 0.3) is 0 Å². The number of anilines is 1. The van der Waals surface area contributed by atoms with E-state index in [0.29, 0.717) is 11.6 Å². The zero-order valence-electron chi connectivity index (χ0n) is 17.5. The summed E-state index contributed by atoms with van der Waals surface area (Å²) >= 11 is 0. The molecule has 3 aromatic rings. The molecule has 0 aliphatic heterocycles. The number of aromatic amines is 1. The van der Waals surface area contributed by atoms with Crippen LogP contribution in [0.2, 0.25) is 0 Å². The second kappa shape index (κ2) is 9.59. The van der Waals surface area contributed by atoms with Crippen molar-refractivity contribution < 1.29 is 14.3 Å². The number of amides is 2. The third kappa shape index (κ3) is 5.20. The molecule has 8 heteroatoms. The van der Waals surface area contributed by atoms with E-state index in [4.69, 9.17) is 4.74 Å². The van der Waals surface area contributed by atoms with Gasteiger partial charge in [-0.05, 0) is 50.2 Å². The van der Waals surface area contributed by atoms with Crippen molar-refractivity contribution in [3.63, 3.8) is 0 Å². The first kappa shape index (κ1) is 20.8. The van der Waals surface area contributed by atoms with Crippen molar-refractivity contribution in [1.82, 2.24) is 20.5 Å². The summed E-state index contributed by atoms with van der Waals surface area (Å²) in [6.45, 7) is 2.26. The first-order valence-corrected chi connectivity index (χ1v) is 10.7. The Bertz CT molecular complexity index is 1030. The first-order chi connectivity index (χ1) is 15.1. The van der Waals surface area contributed by atoms with Gasteiger partial charge in [0.1, 0.15) is 6.61 Å². The van der Waals surface area contributed by atoms with Crippen molar-refractivity contribution in [3.05, 3.63) is 54.4 Å². The summed E-state index contributed by atoms with van der Waals surface area (Å²) in [4.78, 5) is 29.1. The Kier molecular flexibility index (Phi) is 6.45. The molecule has 4 rings (SSSR count). The molecule has 1 aliphatic rings. The molecule has 2 heterocycles. The average Bonchev–Trinajstić information content (AvgIpc) is 3.28. The predicted molar refractivity (Wildman–Crippen MR) is 117 cm³/mol. The molecule has 1 saturated carbocycles. The molecular formula is C23H27N5O3. The fourth-order valence-corrected chi connectivity index (χ4v) is 4.14. The summed E-state index contributed by atoms with van der Waals surface area (Å²) in [7, 11) is 0. The van der Waals surface area contributed by atoms with Gasteiger partial charge in [0.05, 0.1) is 17.3 Å². The van der Waals surface area contributed by atoms with Gasteiger partial charge in [0, 0.05) is 18.2 Å². The molecular weight excluding hydrogens is 394 g/mol. The Morgan fingerprint density at radius 1 is 1.16 bits per heavy atom. The summed E-state index contributed by atoms with van der Waals surface area (Å²) < 4.78 is 5.32. The number of rotatable bonds is 6. The minimum absolute atomic E-state index is 0.00182. The number of carbonyl (C=O) groups is 2. The minimum Gasteiger partial charge on any atom is -0.445 e. The molecule has 0 saturated heterocycles. The molecule has 0 spiro atoms. The Labute approximate surface area is 180 Å². The highest BCUT2D eigenvalue weighted by Crippen LogP contribution is 2.32. The van der Waals surface area contributed by atoms with Gasteiger partial charge in [-0.25, -0.2) is 9.78 Å². The maximum atomic E-state index is 12.8. The van der Waals surface area contributed by atoms with E-state index in [1.165, 1.54) is 0 Å². The summed E-state index contributed by atoms with van der Waals surface area (Å²) in [5.74, 6) is 0.313. The highest BCUT2D eigenvalue weighted by Gasteiger charge is 2.30. The molecule has 2 amide bonds. The van der Waals surface area contributed by atoms with Crippen molar-refractivity contribution >= 4 is 28.7 Å². The fourth-order valence-electron chi connectivity index (χ4n) is 4.14. The molecule has 0 radical (unpaired) electrons. The van der Waals surface area contributed by atoms with Crippen LogP contribution in [0.3, 0.4) is 0 Å². The van der Waals surface area contributed by atoms with E-state index in [-0.39, 0.29) is 24.5 Å². The highest BCUT2D eigenvalue weighted by atomic mass is 16.5. The van der Waals surface area contributed by atoms with Crippen molar-refractivity contribution in [2.45, 2.75) is 45.3 Å². The van der Waals surface area contributed by atoms with Crippen molar-refractivity contribution in [3.8, 4) is 0 Å². The Balaban J connectivity index is 1.23. The molecule has 2 aromatic heterocycles. The van der Waals surface area contributed by atoms with Crippen LogP contribution in [0.25, 0.3) is 11.0 Å². The largest absolute Gasteiger partial charge is 0.445 e. The lowest BCUT2D eigenvalue weighted by molar-refractivity contribution is -0.121. The van der Waals surface area contributed by atoms with Crippen LogP contribution < -0.4 is 10.6 Å². The summed E-state index contributed by atoms with van der Waals surface area (Å²) in [5.41, 5.74) is 2.33. The van der Waals surface area contributed by atoms with Crippen LogP contribution >= 0.6 is 0 Å². The quantitative estimate of drug-likeness (QED) is 0.557. The van der Waals surface area contributed by atoms with E-state index in [0.717, 1.165) is 42.3 Å². The van der Waals surface area contributed by atoms with Crippen LogP contribution in [0.1, 0.15) is 38.2 Å². The molecule has 1 atom stereocenters. The second-order valence-corrected chi connectivity index (χ2v) is 8.09. The van der Waals surface area contributed by atoms with Gasteiger partial charge < -0.3 is 15.4 Å². The number of hydrogen-bond acceptors (Lipinski definition) is 5. The Morgan fingerprint density at radius 2 is 1.94 bits per heavy atom. The number of ether oxygens (including phenoxy) is 1. The number of nitrogens with one attached hydrogen (secondary N) is 3. The monoisotopic (exact) mass is 421 g/mol. The lowest BCUT2D eigenvalue weighted by atomic mass is 9.78. The van der Waals surface area contributed by atoms with E-state index in [2.05, 4.69) is 25.8 Å². The van der Waals surface area contributed by atoms with Crippen molar-refractivity contribution in [2.75, 3.05) is 5.32 Å². The maximum absolute atomic E-state index is 12.8. The molecule has 1 aromatic carbocycles. The van der Waals surface area contributed by atoms with E-state index >= 15 is 0 Å². The van der Waals surface area contributed by atoms with Crippen LogP contribution in [0.4, 0.5) is 10.5 Å². The molecule has 3 N–H and O–H groups in total. The number of nitrogens with zero attached hydrogens (tertiary/aromatic N) is 2. The molecule has 1 unspecified atom stereocenters. The average molecular weight is 422 g/mol. The number of H-pyrrole nitrogens is 1. The minimum atomic E-state index is -0.405. The maximum Gasteiger partial charge on any atom is 0.407 e. The van der Waals surface area contributed by atoms with Gasteiger partial charge in [0.2, 0.25) is 5.91 Å². The number of carbonyl (C=O) groups excluding carboxylic acids is 2. The van der Waals surface area contributed by atoms with Gasteiger partial charge in [-0.1, -0.05) is 30.3 Å². The van der Waals surface area contributed by atoms with Gasteiger partial charge in [0.15, 0.2) is 5.65 Å². The zero-order valence-corrected chi connectivity index (χ0v) is 17.5. The first-order valence-electron chi connectivity index (χ1n) is 10.7. The van der Waals surface area contributed by atoms with Crippen molar-refractivity contribution in [2.24, 2.45) is 11.8 Å². The SMILES string of the molecule is CC(NC(=O)OCc1ccccc1)C1CCC(C(=O)Nc2ccnc3[nH]ncc23)CC1. The number of aromatic nitrogens is 3. The number of alkyl carbamates (subject to hydrolysis) is 1. The van der Waals surface area contributed by atoms with E-state index in [9.17, 15) is 9.59 Å². The molecule has 1 fully saturated rings. The smallest absolute Gasteiger partial charge is 0.407 e. The van der Waals surface area contributed by atoms with E-state index < -0.39 is 6.09 Å². The van der Waals surface area contributed by atoms with Crippen LogP contribution in [-0.2, 0) is 16.1 Å². The molecule has 162 valence electrons. The third-order valence-corrected chi connectivity index (χ3v) is 6.02. The van der Waals surface area contributed by atoms with Gasteiger partial charge >= 0.3 is 6.09 Å². The van der Waals surface area contributed by atoms with Crippen molar-refractivity contribution in [1.29, 1.82) is 0 Å². The topological polar surface area (TPSA) is 109 Å². The number of benzene rings is 1. The van der Waals surface area contributed by atoms with Gasteiger partial charge in [-0.15, -0.1) is 0 Å². The number of pyridine rings is 1. The Hall–Kier alpha value is -3.42. The van der Waals surface area contributed by atoms with Gasteiger partial charge in [-0.2, -0.15) is 5.10 Å². The molecule has 0 bridgehead atoms. The number of hydrogen-bond donors (Lipinski definition) is 3. The van der Waals surface area contributed by atoms with Crippen LogP contribution in [0.5, 0.6) is 0 Å². The molecule has 31 heavy (non-hydrogen) atoms. The predicted octanol–water partition coefficient (Wildman–Crippen LogP) is 4.02. The lowest BCUT2D eigenvalue weighted by Crippen LogP contribution is -2.40. The standard InChI is InChI=1S/C23H27N5O3/c1-15(26-23(30)31-14-16-5-3-2-4-6-16)17-7-9-18(10-8-17)22(29)27-20-11-12-24-21-19(20)13-25-28-21/h2-6,11-13,15,17-18H,7-10,14H2,1H3,(H,26,30)(H2,24,25,27,28,29). The summed E-state index contributed by atoms with van der Waals surface area (Å²) in [5, 5.41) is 13.6. The second-order valence-electron chi connectivity index (χ2n) is 8.09. The zero-order chi connectivity index (χ0) is 21.6. The third-order valence-electron chi connectivity index (χ3n) is 6.02. The lowest BCUT2D eigenvalue weighted by Gasteiger charge is -2.31. The highest BCUT2D eigenvalue weighted by molar-refractivity contribution is 6.00. The summed E-state index contributed by atoms with van der Waals surface area (Å²) in [6, 6.07) is 11.4. The van der Waals surface area contributed by atoms with Crippen LogP contribution in [0, 0.1) is 11.8 Å². The van der Waals surface area contributed by atoms with Crippen LogP contribution in [-0.4, -0.2) is 33.2 Å². The van der Waals surface area contributed by atoms with Gasteiger partial charge in [-0.3, -0.25) is 9.89 Å². The van der Waals surface area contributed by atoms with E-state index in [1.54, 1.807) is 18.5 Å². The fraction of sp³-hybridized carbons (Fsp3) is 0.391. The summed E-state index contributed by atoms with van der Waals surface area (Å²) in [6.07, 6.45) is 6.27. The molecule has 8 nitrogen and oxygen atoms in total. The van der Waals surface area contributed by atoms with E-state index in [1.807, 2.05) is 37.3 Å². The molecule has 1 aliphatic carbocycles. The number of fused-ring (bicyclic) bond motifs is 1. The van der Waals surface area contributed by atoms with Crippen LogP contribution in [0.15, 0.2) is 48.8 Å². The Morgan fingerprint density at radius 3 is 2.71 bits per heavy atom.